The normalized spacial score (nSPS) is 10.6. The minimum absolute atomic E-state index is 0.728. The Morgan fingerprint density at radius 3 is 2.53 bits per heavy atom. The van der Waals surface area contributed by atoms with Gasteiger partial charge in [0.2, 0.25) is 11.2 Å². The summed E-state index contributed by atoms with van der Waals surface area (Å²) in [5.74, 6) is 0.819. The number of pyridine rings is 1. The predicted molar refractivity (Wildman–Crippen MR) is 76.9 cm³/mol. The molecule has 3 rings (SSSR count). The molecule has 0 unspecified atom stereocenters. The van der Waals surface area contributed by atoms with Crippen molar-refractivity contribution >= 4 is 16.6 Å². The number of fused-ring (bicyclic) bond motifs is 1. The molecule has 1 aromatic heterocycles. The second-order valence-electron chi connectivity index (χ2n) is 4.42. The standard InChI is InChI=1S/C16H14N2O/c1-19-16-10-15(11-5-3-2-4-6-11)18-14-8-7-12(17)9-13(14)16/h2-10H,17H2,1H3/p+1. The van der Waals surface area contributed by atoms with Crippen molar-refractivity contribution in [2.75, 3.05) is 12.8 Å². The summed E-state index contributed by atoms with van der Waals surface area (Å²) in [5, 5.41) is 0.988. The van der Waals surface area contributed by atoms with Gasteiger partial charge in [-0.05, 0) is 24.3 Å². The molecule has 0 saturated heterocycles. The lowest BCUT2D eigenvalue weighted by molar-refractivity contribution is -0.331. The van der Waals surface area contributed by atoms with Crippen molar-refractivity contribution < 1.29 is 9.72 Å². The topological polar surface area (TPSA) is 49.4 Å². The molecule has 0 spiro atoms. The van der Waals surface area contributed by atoms with Crippen LogP contribution in [0.5, 0.6) is 5.75 Å². The maximum absolute atomic E-state index is 5.83. The molecule has 0 bridgehead atoms. The van der Waals surface area contributed by atoms with E-state index in [4.69, 9.17) is 10.5 Å². The van der Waals surface area contributed by atoms with E-state index in [1.807, 2.05) is 42.5 Å². The highest BCUT2D eigenvalue weighted by molar-refractivity contribution is 5.86. The van der Waals surface area contributed by atoms with Gasteiger partial charge in [0, 0.05) is 17.3 Å². The number of ether oxygens (including phenoxy) is 1. The lowest BCUT2D eigenvalue weighted by atomic mass is 10.1. The summed E-state index contributed by atoms with van der Waals surface area (Å²) >= 11 is 0. The van der Waals surface area contributed by atoms with E-state index in [1.54, 1.807) is 7.11 Å². The fourth-order valence-corrected chi connectivity index (χ4v) is 2.21. The average molecular weight is 251 g/mol. The summed E-state index contributed by atoms with van der Waals surface area (Å²) in [5.41, 5.74) is 9.71. The van der Waals surface area contributed by atoms with E-state index >= 15 is 0 Å². The van der Waals surface area contributed by atoms with Gasteiger partial charge in [-0.3, -0.25) is 0 Å². The summed E-state index contributed by atoms with van der Waals surface area (Å²) in [6.07, 6.45) is 0. The van der Waals surface area contributed by atoms with E-state index in [0.717, 1.165) is 33.6 Å². The number of H-pyrrole nitrogens is 1. The third kappa shape index (κ3) is 2.10. The third-order valence-corrected chi connectivity index (χ3v) is 3.16. The number of rotatable bonds is 2. The Morgan fingerprint density at radius 2 is 1.79 bits per heavy atom. The maximum atomic E-state index is 5.83. The molecule has 3 N–H and O–H groups in total. The SMILES string of the molecule is COc1cc(-c2ccccc2)[nH+]c2ccc(N)cc12. The Labute approximate surface area is 111 Å². The molecule has 0 atom stereocenters. The van der Waals surface area contributed by atoms with E-state index in [1.165, 1.54) is 0 Å². The molecule has 0 amide bonds. The van der Waals surface area contributed by atoms with Gasteiger partial charge in [-0.1, -0.05) is 18.2 Å². The molecule has 1 heterocycles. The van der Waals surface area contributed by atoms with E-state index in [9.17, 15) is 0 Å². The molecule has 3 aromatic rings. The number of aromatic nitrogens is 1. The number of methoxy groups -OCH3 is 1. The largest absolute Gasteiger partial charge is 0.496 e. The van der Waals surface area contributed by atoms with E-state index in [2.05, 4.69) is 17.1 Å². The summed E-state index contributed by atoms with van der Waals surface area (Å²) in [7, 11) is 1.67. The summed E-state index contributed by atoms with van der Waals surface area (Å²) in [6.45, 7) is 0. The number of hydrogen-bond acceptors (Lipinski definition) is 2. The Balaban J connectivity index is 2.26. The lowest BCUT2D eigenvalue weighted by Gasteiger charge is -2.05. The first kappa shape index (κ1) is 11.5. The van der Waals surface area contributed by atoms with Crippen molar-refractivity contribution in [3.8, 4) is 17.0 Å². The zero-order valence-corrected chi connectivity index (χ0v) is 10.7. The van der Waals surface area contributed by atoms with Gasteiger partial charge in [0.05, 0.1) is 18.6 Å². The highest BCUT2D eigenvalue weighted by atomic mass is 16.5. The third-order valence-electron chi connectivity index (χ3n) is 3.16. The maximum Gasteiger partial charge on any atom is 0.215 e. The molecular weight excluding hydrogens is 236 g/mol. The van der Waals surface area contributed by atoms with E-state index in [-0.39, 0.29) is 0 Å². The van der Waals surface area contributed by atoms with Crippen LogP contribution in [0.15, 0.2) is 54.6 Å². The summed E-state index contributed by atoms with van der Waals surface area (Å²) in [4.78, 5) is 3.41. The molecule has 19 heavy (non-hydrogen) atoms. The van der Waals surface area contributed by atoms with Crippen LogP contribution in [0, 0.1) is 0 Å². The molecule has 0 fully saturated rings. The fourth-order valence-electron chi connectivity index (χ4n) is 2.21. The number of nitrogens with two attached hydrogens (primary N) is 1. The van der Waals surface area contributed by atoms with Crippen molar-refractivity contribution in [3.63, 3.8) is 0 Å². The van der Waals surface area contributed by atoms with Crippen molar-refractivity contribution in [3.05, 3.63) is 54.6 Å². The molecular formula is C16H15N2O+. The van der Waals surface area contributed by atoms with E-state index < -0.39 is 0 Å². The number of nitrogen functional groups attached to an aromatic ring is 1. The molecule has 0 radical (unpaired) electrons. The van der Waals surface area contributed by atoms with Gasteiger partial charge in [0.15, 0.2) is 0 Å². The molecule has 0 aliphatic rings. The smallest absolute Gasteiger partial charge is 0.215 e. The Morgan fingerprint density at radius 1 is 1.00 bits per heavy atom. The number of aromatic amines is 1. The molecule has 3 heteroatoms. The van der Waals surface area contributed by atoms with Crippen LogP contribution in [0.1, 0.15) is 0 Å². The summed E-state index contributed by atoms with van der Waals surface area (Å²) < 4.78 is 5.47. The van der Waals surface area contributed by atoms with Crippen LogP contribution < -0.4 is 15.5 Å². The van der Waals surface area contributed by atoms with Gasteiger partial charge >= 0.3 is 0 Å². The Bertz CT molecular complexity index is 723. The quantitative estimate of drug-likeness (QED) is 0.712. The number of hydrogen-bond donors (Lipinski definition) is 1. The van der Waals surface area contributed by atoms with Crippen LogP contribution >= 0.6 is 0 Å². The lowest BCUT2D eigenvalue weighted by Crippen LogP contribution is -2.09. The van der Waals surface area contributed by atoms with Crippen molar-refractivity contribution in [1.29, 1.82) is 0 Å². The first-order valence-corrected chi connectivity index (χ1v) is 6.13. The Kier molecular flexibility index (Phi) is 2.80. The van der Waals surface area contributed by atoms with Gasteiger partial charge in [-0.2, -0.15) is 0 Å². The van der Waals surface area contributed by atoms with Crippen LogP contribution in [-0.2, 0) is 0 Å². The number of benzene rings is 2. The van der Waals surface area contributed by atoms with Crippen molar-refractivity contribution in [1.82, 2.24) is 0 Å². The summed E-state index contributed by atoms with van der Waals surface area (Å²) in [6, 6.07) is 17.9. The van der Waals surface area contributed by atoms with Crippen LogP contribution in [-0.4, -0.2) is 7.11 Å². The minimum atomic E-state index is 0.728. The average Bonchev–Trinajstić information content (AvgIpc) is 2.47. The van der Waals surface area contributed by atoms with E-state index in [0.29, 0.717) is 0 Å². The van der Waals surface area contributed by atoms with Gasteiger partial charge in [0.25, 0.3) is 0 Å². The molecule has 3 nitrogen and oxygen atoms in total. The molecule has 0 saturated carbocycles. The predicted octanol–water partition coefficient (Wildman–Crippen LogP) is 2.91. The van der Waals surface area contributed by atoms with Crippen LogP contribution in [0.2, 0.25) is 0 Å². The van der Waals surface area contributed by atoms with Crippen molar-refractivity contribution in [2.24, 2.45) is 0 Å². The van der Waals surface area contributed by atoms with Gasteiger partial charge in [-0.15, -0.1) is 0 Å². The highest BCUT2D eigenvalue weighted by Gasteiger charge is 2.13. The second kappa shape index (κ2) is 4.61. The monoisotopic (exact) mass is 251 g/mol. The first-order chi connectivity index (χ1) is 9.28. The molecule has 2 aromatic carbocycles. The number of nitrogens with one attached hydrogen (secondary N) is 1. The zero-order valence-electron chi connectivity index (χ0n) is 10.7. The fraction of sp³-hybridized carbons (Fsp3) is 0.0625. The Hall–Kier alpha value is -2.55. The van der Waals surface area contributed by atoms with Crippen molar-refractivity contribution in [2.45, 2.75) is 0 Å². The molecule has 0 aliphatic carbocycles. The van der Waals surface area contributed by atoms with Gasteiger partial charge in [-0.25, -0.2) is 4.98 Å². The second-order valence-corrected chi connectivity index (χ2v) is 4.42. The minimum Gasteiger partial charge on any atom is -0.496 e. The molecule has 0 aliphatic heterocycles. The van der Waals surface area contributed by atoms with Crippen LogP contribution in [0.4, 0.5) is 5.69 Å². The van der Waals surface area contributed by atoms with Crippen LogP contribution in [0.3, 0.4) is 0 Å². The van der Waals surface area contributed by atoms with Gasteiger partial charge < -0.3 is 10.5 Å². The number of anilines is 1. The highest BCUT2D eigenvalue weighted by Crippen LogP contribution is 2.28. The molecule has 94 valence electrons. The first-order valence-electron chi connectivity index (χ1n) is 6.13. The van der Waals surface area contributed by atoms with Crippen LogP contribution in [0.25, 0.3) is 22.2 Å². The zero-order chi connectivity index (χ0) is 13.2. The van der Waals surface area contributed by atoms with Gasteiger partial charge in [0.1, 0.15) is 5.75 Å².